The van der Waals surface area contributed by atoms with Gasteiger partial charge in [0, 0.05) is 10.5 Å². The molecule has 0 aliphatic carbocycles. The zero-order valence-electron chi connectivity index (χ0n) is 10.1. The summed E-state index contributed by atoms with van der Waals surface area (Å²) in [7, 11) is 0. The van der Waals surface area contributed by atoms with E-state index in [0.717, 1.165) is 10.0 Å². The van der Waals surface area contributed by atoms with E-state index in [-0.39, 0.29) is 11.6 Å². The van der Waals surface area contributed by atoms with Crippen molar-refractivity contribution in [3.05, 3.63) is 40.0 Å². The smallest absolute Gasteiger partial charge is 0.269 e. The van der Waals surface area contributed by atoms with Crippen LogP contribution in [-0.4, -0.2) is 16.1 Å². The van der Waals surface area contributed by atoms with Crippen LogP contribution in [-0.2, 0) is 0 Å². The van der Waals surface area contributed by atoms with Crippen molar-refractivity contribution in [2.75, 3.05) is 5.73 Å². The lowest BCUT2D eigenvalue weighted by Gasteiger charge is -2.10. The van der Waals surface area contributed by atoms with Crippen LogP contribution in [0.4, 0.5) is 5.69 Å². The van der Waals surface area contributed by atoms with Crippen molar-refractivity contribution in [1.82, 2.24) is 10.2 Å². The van der Waals surface area contributed by atoms with Crippen molar-refractivity contribution in [3.8, 4) is 11.6 Å². The number of carbonyl (C=O) groups excluding carboxylic acids is 1. The van der Waals surface area contributed by atoms with Crippen molar-refractivity contribution in [2.45, 2.75) is 6.92 Å². The zero-order valence-corrected chi connectivity index (χ0v) is 11.6. The molecule has 1 aromatic heterocycles. The molecule has 1 heterocycles. The lowest BCUT2D eigenvalue weighted by molar-refractivity contribution is 0.0994. The Morgan fingerprint density at radius 1 is 1.32 bits per heavy atom. The summed E-state index contributed by atoms with van der Waals surface area (Å²) in [5.74, 6) is 0.102. The van der Waals surface area contributed by atoms with Gasteiger partial charge in [-0.2, -0.15) is 0 Å². The minimum absolute atomic E-state index is 0.0767. The Labute approximate surface area is 117 Å². The largest absolute Gasteiger partial charge is 0.435 e. The molecule has 2 aromatic rings. The molecule has 0 saturated carbocycles. The third-order valence-corrected chi connectivity index (χ3v) is 2.83. The molecule has 0 fully saturated rings. The summed E-state index contributed by atoms with van der Waals surface area (Å²) in [6.45, 7) is 1.86. The second kappa shape index (κ2) is 5.23. The molecule has 0 saturated heterocycles. The van der Waals surface area contributed by atoms with E-state index in [9.17, 15) is 4.79 Å². The fourth-order valence-electron chi connectivity index (χ4n) is 1.51. The molecule has 0 aliphatic rings. The summed E-state index contributed by atoms with van der Waals surface area (Å²) in [6.07, 6.45) is 0. The Bertz CT molecular complexity index is 605. The number of primary amides is 1. The summed E-state index contributed by atoms with van der Waals surface area (Å²) < 4.78 is 6.42. The second-order valence-corrected chi connectivity index (χ2v) is 4.78. The van der Waals surface area contributed by atoms with E-state index in [0.29, 0.717) is 11.4 Å². The van der Waals surface area contributed by atoms with Crippen LogP contribution in [0.5, 0.6) is 11.6 Å². The third kappa shape index (κ3) is 3.00. The number of hydrogen-bond acceptors (Lipinski definition) is 5. The molecular weight excluding hydrogens is 312 g/mol. The van der Waals surface area contributed by atoms with Crippen LogP contribution in [0, 0.1) is 6.92 Å². The fourth-order valence-corrected chi connectivity index (χ4v) is 2.10. The maximum atomic E-state index is 10.9. The minimum atomic E-state index is -0.640. The van der Waals surface area contributed by atoms with Crippen LogP contribution in [0.2, 0.25) is 0 Å². The average molecular weight is 323 g/mol. The van der Waals surface area contributed by atoms with Gasteiger partial charge >= 0.3 is 0 Å². The molecule has 1 amide bonds. The zero-order chi connectivity index (χ0) is 14.0. The maximum absolute atomic E-state index is 10.9. The summed E-state index contributed by atoms with van der Waals surface area (Å²) in [5.41, 5.74) is 12.4. The van der Waals surface area contributed by atoms with Gasteiger partial charge in [0.1, 0.15) is 0 Å². The number of amides is 1. The first-order valence-electron chi connectivity index (χ1n) is 5.34. The lowest BCUT2D eigenvalue weighted by atomic mass is 10.2. The Morgan fingerprint density at radius 3 is 2.58 bits per heavy atom. The number of carbonyl (C=O) groups is 1. The van der Waals surface area contributed by atoms with Crippen molar-refractivity contribution in [1.29, 1.82) is 0 Å². The Morgan fingerprint density at radius 2 is 2.05 bits per heavy atom. The summed E-state index contributed by atoms with van der Waals surface area (Å²) in [5, 5.41) is 7.41. The minimum Gasteiger partial charge on any atom is -0.435 e. The number of aryl methyl sites for hydroxylation is 1. The molecular formula is C12H11BrN4O2. The van der Waals surface area contributed by atoms with Crippen LogP contribution in [0.25, 0.3) is 0 Å². The first-order chi connectivity index (χ1) is 8.97. The first-order valence-corrected chi connectivity index (χ1v) is 6.13. The molecule has 19 heavy (non-hydrogen) atoms. The van der Waals surface area contributed by atoms with Crippen LogP contribution in [0.1, 0.15) is 16.1 Å². The number of aromatic nitrogens is 2. The summed E-state index contributed by atoms with van der Waals surface area (Å²) >= 11 is 3.34. The van der Waals surface area contributed by atoms with Gasteiger partial charge in [-0.25, -0.2) is 0 Å². The summed E-state index contributed by atoms with van der Waals surface area (Å²) in [4.78, 5) is 10.9. The first kappa shape index (κ1) is 13.3. The van der Waals surface area contributed by atoms with Crippen molar-refractivity contribution < 1.29 is 9.53 Å². The van der Waals surface area contributed by atoms with Crippen LogP contribution in [0.15, 0.2) is 28.7 Å². The predicted octanol–water partition coefficient (Wildman–Crippen LogP) is 2.02. The number of anilines is 1. The number of rotatable bonds is 3. The molecule has 1 aromatic carbocycles. The van der Waals surface area contributed by atoms with Crippen molar-refractivity contribution >= 4 is 27.5 Å². The molecule has 0 radical (unpaired) electrons. The molecule has 6 nitrogen and oxygen atoms in total. The highest BCUT2D eigenvalue weighted by molar-refractivity contribution is 9.10. The maximum Gasteiger partial charge on any atom is 0.269 e. The van der Waals surface area contributed by atoms with E-state index in [1.807, 2.05) is 13.0 Å². The van der Waals surface area contributed by atoms with Gasteiger partial charge in [-0.15, -0.1) is 10.2 Å². The van der Waals surface area contributed by atoms with Crippen molar-refractivity contribution in [2.24, 2.45) is 5.73 Å². The number of nitrogens with two attached hydrogens (primary N) is 2. The van der Waals surface area contributed by atoms with E-state index >= 15 is 0 Å². The second-order valence-electron chi connectivity index (χ2n) is 3.86. The number of hydrogen-bond donors (Lipinski definition) is 2. The van der Waals surface area contributed by atoms with Gasteiger partial charge in [0.15, 0.2) is 11.4 Å². The molecule has 0 aliphatic heterocycles. The van der Waals surface area contributed by atoms with Gasteiger partial charge in [-0.3, -0.25) is 4.79 Å². The monoisotopic (exact) mass is 322 g/mol. The Kier molecular flexibility index (Phi) is 3.66. The van der Waals surface area contributed by atoms with Gasteiger partial charge in [0.2, 0.25) is 5.88 Å². The van der Waals surface area contributed by atoms with Gasteiger partial charge in [0.25, 0.3) is 5.91 Å². The quantitative estimate of drug-likeness (QED) is 0.841. The van der Waals surface area contributed by atoms with Gasteiger partial charge < -0.3 is 16.2 Å². The normalized spacial score (nSPS) is 10.2. The van der Waals surface area contributed by atoms with Crippen molar-refractivity contribution in [3.63, 3.8) is 0 Å². The predicted molar refractivity (Wildman–Crippen MR) is 73.9 cm³/mol. The molecule has 98 valence electrons. The number of ether oxygens (including phenoxy) is 1. The van der Waals surface area contributed by atoms with Gasteiger partial charge in [0.05, 0.1) is 5.69 Å². The summed E-state index contributed by atoms with van der Waals surface area (Å²) in [6, 6.07) is 6.55. The molecule has 4 N–H and O–H groups in total. The molecule has 7 heteroatoms. The Hall–Kier alpha value is -2.15. The van der Waals surface area contributed by atoms with E-state index in [1.54, 1.807) is 6.07 Å². The van der Waals surface area contributed by atoms with E-state index in [2.05, 4.69) is 26.1 Å². The molecule has 0 unspecified atom stereocenters. The molecule has 0 bridgehead atoms. The fraction of sp³-hybridized carbons (Fsp3) is 0.0833. The number of benzene rings is 1. The standard InChI is InChI=1S/C12H11BrN4O2/c1-6-4-7(13)5-8(14)11(6)19-10-3-2-9(12(15)18)16-17-10/h2-5H,14H2,1H3,(H2,15,18). The lowest BCUT2D eigenvalue weighted by Crippen LogP contribution is -2.13. The van der Waals surface area contributed by atoms with Crippen LogP contribution < -0.4 is 16.2 Å². The highest BCUT2D eigenvalue weighted by atomic mass is 79.9. The van der Waals surface area contributed by atoms with E-state index < -0.39 is 5.91 Å². The number of nitrogens with zero attached hydrogens (tertiary/aromatic N) is 2. The van der Waals surface area contributed by atoms with Gasteiger partial charge in [-0.05, 0) is 30.7 Å². The number of halogens is 1. The average Bonchev–Trinajstić information content (AvgIpc) is 2.34. The highest BCUT2D eigenvalue weighted by Gasteiger charge is 2.10. The molecule has 0 spiro atoms. The van der Waals surface area contributed by atoms with Crippen LogP contribution in [0.3, 0.4) is 0 Å². The van der Waals surface area contributed by atoms with Gasteiger partial charge in [-0.1, -0.05) is 15.9 Å². The topological polar surface area (TPSA) is 104 Å². The van der Waals surface area contributed by atoms with E-state index in [1.165, 1.54) is 12.1 Å². The molecule has 2 rings (SSSR count). The highest BCUT2D eigenvalue weighted by Crippen LogP contribution is 2.32. The Balaban J connectivity index is 2.29. The van der Waals surface area contributed by atoms with E-state index in [4.69, 9.17) is 16.2 Å². The molecule has 0 atom stereocenters. The van der Waals surface area contributed by atoms with Crippen LogP contribution >= 0.6 is 15.9 Å². The SMILES string of the molecule is Cc1cc(Br)cc(N)c1Oc1ccc(C(N)=O)nn1. The third-order valence-electron chi connectivity index (χ3n) is 2.37. The number of nitrogen functional groups attached to an aromatic ring is 1.